The van der Waals surface area contributed by atoms with Gasteiger partial charge < -0.3 is 4.57 Å². The van der Waals surface area contributed by atoms with E-state index in [1.807, 2.05) is 19.9 Å². The van der Waals surface area contributed by atoms with E-state index in [0.717, 1.165) is 22.8 Å². The lowest BCUT2D eigenvalue weighted by molar-refractivity contribution is 0.445. The first kappa shape index (κ1) is 20.7. The van der Waals surface area contributed by atoms with E-state index in [2.05, 4.69) is 29.5 Å². The summed E-state index contributed by atoms with van der Waals surface area (Å²) in [5, 5.41) is 9.54. The fourth-order valence-electron chi connectivity index (χ4n) is 2.85. The second-order valence-corrected chi connectivity index (χ2v) is 9.21. The summed E-state index contributed by atoms with van der Waals surface area (Å²) in [7, 11) is -3.50. The number of aromatic nitrogens is 2. The molecule has 8 heteroatoms. The van der Waals surface area contributed by atoms with Gasteiger partial charge in [0.25, 0.3) is 0 Å². The van der Waals surface area contributed by atoms with Gasteiger partial charge in [0, 0.05) is 31.3 Å². The van der Waals surface area contributed by atoms with Crippen LogP contribution in [0.2, 0.25) is 0 Å². The molecule has 26 heavy (non-hydrogen) atoms. The number of unbranched alkanes of at least 4 members (excludes halogenated alkanes) is 1. The van der Waals surface area contributed by atoms with Gasteiger partial charge >= 0.3 is 0 Å². The Bertz CT molecular complexity index is 894. The molecule has 0 radical (unpaired) electrons. The van der Waals surface area contributed by atoms with Crippen LogP contribution in [0, 0.1) is 11.3 Å². The van der Waals surface area contributed by atoms with Crippen LogP contribution in [0.4, 0.5) is 0 Å². The first-order valence-corrected chi connectivity index (χ1v) is 11.3. The van der Waals surface area contributed by atoms with Gasteiger partial charge in [0.15, 0.2) is 5.16 Å². The molecule has 142 valence electrons. The lowest BCUT2D eigenvalue weighted by atomic mass is 10.3. The molecule has 0 atom stereocenters. The maximum atomic E-state index is 12.8. The molecule has 1 heterocycles. The maximum Gasteiger partial charge on any atom is 0.243 e. The van der Waals surface area contributed by atoms with Crippen LogP contribution >= 0.6 is 11.8 Å². The number of sulfonamides is 1. The molecule has 2 aromatic rings. The van der Waals surface area contributed by atoms with Crippen molar-refractivity contribution in [3.8, 4) is 6.07 Å². The Balaban J connectivity index is 2.45. The Morgan fingerprint density at radius 2 is 2.00 bits per heavy atom. The number of nitriles is 1. The van der Waals surface area contributed by atoms with Crippen molar-refractivity contribution in [3.63, 3.8) is 0 Å². The molecule has 0 aliphatic rings. The largest absolute Gasteiger partial charge is 0.316 e. The summed E-state index contributed by atoms with van der Waals surface area (Å²) >= 11 is 1.61. The molecule has 0 unspecified atom stereocenters. The highest BCUT2D eigenvalue weighted by atomic mass is 32.2. The van der Waals surface area contributed by atoms with Crippen LogP contribution < -0.4 is 0 Å². The van der Waals surface area contributed by atoms with Gasteiger partial charge in [-0.05, 0) is 38.5 Å². The monoisotopic (exact) mass is 394 g/mol. The van der Waals surface area contributed by atoms with Gasteiger partial charge in [-0.2, -0.15) is 9.57 Å². The van der Waals surface area contributed by atoms with Crippen molar-refractivity contribution in [2.24, 2.45) is 0 Å². The van der Waals surface area contributed by atoms with E-state index >= 15 is 0 Å². The van der Waals surface area contributed by atoms with E-state index in [9.17, 15) is 8.42 Å². The number of fused-ring (bicyclic) bond motifs is 1. The number of hydrogen-bond donors (Lipinski definition) is 0. The highest BCUT2D eigenvalue weighted by Gasteiger charge is 2.23. The van der Waals surface area contributed by atoms with Crippen LogP contribution in [0.5, 0.6) is 0 Å². The third-order valence-electron chi connectivity index (χ3n) is 4.15. The molecule has 1 aromatic heterocycles. The number of nitrogens with zero attached hydrogens (tertiary/aromatic N) is 4. The summed E-state index contributed by atoms with van der Waals surface area (Å²) < 4.78 is 29.1. The SMILES string of the molecule is CCN(CC)S(=O)(=O)c1ccc2c(c1)nc(SCCCC#N)n2C(C)C. The van der Waals surface area contributed by atoms with Crippen LogP contribution in [0.1, 0.15) is 46.6 Å². The lowest BCUT2D eigenvalue weighted by Gasteiger charge is -2.18. The molecule has 0 spiro atoms. The summed E-state index contributed by atoms with van der Waals surface area (Å²) in [4.78, 5) is 4.96. The third-order valence-corrected chi connectivity index (χ3v) is 7.24. The molecule has 0 fully saturated rings. The van der Waals surface area contributed by atoms with E-state index in [-0.39, 0.29) is 10.9 Å². The third kappa shape index (κ3) is 4.22. The van der Waals surface area contributed by atoms with Gasteiger partial charge in [-0.25, -0.2) is 13.4 Å². The van der Waals surface area contributed by atoms with Crippen molar-refractivity contribution in [1.82, 2.24) is 13.9 Å². The fourth-order valence-corrected chi connectivity index (χ4v) is 5.41. The zero-order chi connectivity index (χ0) is 19.3. The van der Waals surface area contributed by atoms with Crippen LogP contribution in [-0.4, -0.2) is 41.1 Å². The predicted octanol–water partition coefficient (Wildman–Crippen LogP) is 4.04. The minimum Gasteiger partial charge on any atom is -0.316 e. The number of thioether (sulfide) groups is 1. The molecule has 0 bridgehead atoms. The van der Waals surface area contributed by atoms with Crippen LogP contribution in [0.15, 0.2) is 28.3 Å². The Kier molecular flexibility index (Phi) is 7.09. The van der Waals surface area contributed by atoms with Crippen LogP contribution in [-0.2, 0) is 10.0 Å². The number of hydrogen-bond acceptors (Lipinski definition) is 5. The summed E-state index contributed by atoms with van der Waals surface area (Å²) in [6.07, 6.45) is 1.34. The van der Waals surface area contributed by atoms with Crippen LogP contribution in [0.3, 0.4) is 0 Å². The molecular formula is C18H26N4O2S2. The fraction of sp³-hybridized carbons (Fsp3) is 0.556. The van der Waals surface area contributed by atoms with Crippen molar-refractivity contribution in [3.05, 3.63) is 18.2 Å². The van der Waals surface area contributed by atoms with E-state index < -0.39 is 10.0 Å². The van der Waals surface area contributed by atoms with Crippen molar-refractivity contribution < 1.29 is 8.42 Å². The zero-order valence-electron chi connectivity index (χ0n) is 15.8. The average molecular weight is 395 g/mol. The number of benzene rings is 1. The Morgan fingerprint density at radius 1 is 1.31 bits per heavy atom. The Labute approximate surface area is 160 Å². The summed E-state index contributed by atoms with van der Waals surface area (Å²) in [5.74, 6) is 0.814. The highest BCUT2D eigenvalue weighted by Crippen LogP contribution is 2.30. The minimum atomic E-state index is -3.50. The Morgan fingerprint density at radius 3 is 2.58 bits per heavy atom. The molecule has 0 saturated carbocycles. The van der Waals surface area contributed by atoms with Gasteiger partial charge in [0.05, 0.1) is 22.0 Å². The normalized spacial score (nSPS) is 12.2. The molecule has 1 aromatic carbocycles. The molecule has 6 nitrogen and oxygen atoms in total. The first-order valence-electron chi connectivity index (χ1n) is 8.88. The summed E-state index contributed by atoms with van der Waals surface area (Å²) in [6.45, 7) is 8.72. The van der Waals surface area contributed by atoms with Gasteiger partial charge in [-0.1, -0.05) is 25.6 Å². The van der Waals surface area contributed by atoms with Crippen molar-refractivity contribution >= 4 is 32.8 Å². The van der Waals surface area contributed by atoms with E-state index in [4.69, 9.17) is 5.26 Å². The average Bonchev–Trinajstić information content (AvgIpc) is 2.97. The highest BCUT2D eigenvalue weighted by molar-refractivity contribution is 7.99. The van der Waals surface area contributed by atoms with E-state index in [1.165, 1.54) is 4.31 Å². The summed E-state index contributed by atoms with van der Waals surface area (Å²) in [5.41, 5.74) is 1.62. The molecule has 0 saturated heterocycles. The molecular weight excluding hydrogens is 368 g/mol. The summed E-state index contributed by atoms with van der Waals surface area (Å²) in [6, 6.07) is 7.54. The van der Waals surface area contributed by atoms with Gasteiger partial charge in [-0.3, -0.25) is 0 Å². The minimum absolute atomic E-state index is 0.212. The second kappa shape index (κ2) is 8.89. The second-order valence-electron chi connectivity index (χ2n) is 6.21. The van der Waals surface area contributed by atoms with Gasteiger partial charge in [0.1, 0.15) is 0 Å². The molecule has 0 amide bonds. The van der Waals surface area contributed by atoms with E-state index in [0.29, 0.717) is 25.0 Å². The number of imidazole rings is 1. The van der Waals surface area contributed by atoms with Crippen molar-refractivity contribution in [2.45, 2.75) is 56.6 Å². The Hall–Kier alpha value is -1.56. The molecule has 0 aliphatic carbocycles. The topological polar surface area (TPSA) is 79.0 Å². The number of rotatable bonds is 9. The lowest BCUT2D eigenvalue weighted by Crippen LogP contribution is -2.30. The first-order chi connectivity index (χ1) is 12.4. The quantitative estimate of drug-likeness (QED) is 0.474. The molecule has 2 rings (SSSR count). The van der Waals surface area contributed by atoms with Crippen molar-refractivity contribution in [2.75, 3.05) is 18.8 Å². The molecule has 0 aliphatic heterocycles. The maximum absolute atomic E-state index is 12.8. The van der Waals surface area contributed by atoms with Crippen LogP contribution in [0.25, 0.3) is 11.0 Å². The van der Waals surface area contributed by atoms with E-state index in [1.54, 1.807) is 23.9 Å². The van der Waals surface area contributed by atoms with Gasteiger partial charge in [-0.15, -0.1) is 0 Å². The predicted molar refractivity (Wildman–Crippen MR) is 106 cm³/mol. The standard InChI is InChI=1S/C18H26N4O2S2/c1-5-21(6-2)26(23,24)15-9-10-17-16(13-15)20-18(22(17)14(3)4)25-12-8-7-11-19/h9-10,13-14H,5-8,12H2,1-4H3. The molecule has 0 N–H and O–H groups in total. The smallest absolute Gasteiger partial charge is 0.243 e. The van der Waals surface area contributed by atoms with Crippen molar-refractivity contribution in [1.29, 1.82) is 5.26 Å². The van der Waals surface area contributed by atoms with Gasteiger partial charge in [0.2, 0.25) is 10.0 Å². The zero-order valence-corrected chi connectivity index (χ0v) is 17.4.